The van der Waals surface area contributed by atoms with E-state index in [1.807, 2.05) is 0 Å². The molecule has 1 atom stereocenters. The zero-order valence-corrected chi connectivity index (χ0v) is 21.0. The molecule has 8 nitrogen and oxygen atoms in total. The van der Waals surface area contributed by atoms with Crippen LogP contribution >= 0.6 is 11.8 Å². The Morgan fingerprint density at radius 3 is 2.47 bits per heavy atom. The molecule has 34 heavy (non-hydrogen) atoms. The van der Waals surface area contributed by atoms with Crippen LogP contribution in [0.2, 0.25) is 0 Å². The van der Waals surface area contributed by atoms with Crippen molar-refractivity contribution in [3.8, 4) is 17.2 Å². The van der Waals surface area contributed by atoms with E-state index in [0.29, 0.717) is 40.5 Å². The van der Waals surface area contributed by atoms with E-state index < -0.39 is 5.92 Å². The molecule has 0 saturated carbocycles. The van der Waals surface area contributed by atoms with Gasteiger partial charge in [0.2, 0.25) is 5.75 Å². The maximum atomic E-state index is 13.4. The molecule has 4 rings (SSSR count). The standard InChI is InChI=1S/C25H31N3O5S/c1-6-7-8-34-24-27-22-20(23(31)28-24)18(13-9-16(32-4)21(30)17(10-13)33-5)19-14(26-22)11-25(2,3)12-15(19)29/h9-10,18,30H,6-8,11-12H2,1-5H3,(H2,26,27,28,31). The van der Waals surface area contributed by atoms with Gasteiger partial charge in [-0.25, -0.2) is 4.98 Å². The topological polar surface area (TPSA) is 114 Å². The molecule has 0 amide bonds. The minimum atomic E-state index is -0.663. The molecule has 0 fully saturated rings. The van der Waals surface area contributed by atoms with E-state index in [1.54, 1.807) is 12.1 Å². The number of unbranched alkanes of at least 4 members (excludes halogenated alkanes) is 1. The highest BCUT2D eigenvalue weighted by Gasteiger charge is 2.42. The number of phenolic OH excluding ortho intramolecular Hbond substituents is 1. The summed E-state index contributed by atoms with van der Waals surface area (Å²) in [7, 11) is 2.89. The molecule has 3 N–H and O–H groups in total. The second-order valence-corrected chi connectivity index (χ2v) is 10.6. The van der Waals surface area contributed by atoms with Crippen molar-refractivity contribution in [1.29, 1.82) is 0 Å². The Morgan fingerprint density at radius 1 is 1.18 bits per heavy atom. The second kappa shape index (κ2) is 9.37. The fourth-order valence-electron chi connectivity index (χ4n) is 4.69. The number of hydrogen-bond donors (Lipinski definition) is 3. The van der Waals surface area contributed by atoms with Gasteiger partial charge in [-0.3, -0.25) is 9.59 Å². The number of aromatic nitrogens is 2. The Morgan fingerprint density at radius 2 is 1.85 bits per heavy atom. The van der Waals surface area contributed by atoms with Crippen molar-refractivity contribution < 1.29 is 19.4 Å². The Kier molecular flexibility index (Phi) is 6.66. The van der Waals surface area contributed by atoms with Crippen LogP contribution in [-0.2, 0) is 4.79 Å². The molecule has 0 bridgehead atoms. The first kappa shape index (κ1) is 24.2. The maximum Gasteiger partial charge on any atom is 0.257 e. The van der Waals surface area contributed by atoms with E-state index in [0.717, 1.165) is 24.3 Å². The summed E-state index contributed by atoms with van der Waals surface area (Å²) in [5.74, 6) is 0.914. The number of fused-ring (bicyclic) bond motifs is 1. The summed E-state index contributed by atoms with van der Waals surface area (Å²) in [6.07, 6.45) is 3.11. The Hall–Kier alpha value is -2.94. The molecule has 1 aliphatic carbocycles. The number of ether oxygens (including phenoxy) is 2. The van der Waals surface area contributed by atoms with Crippen LogP contribution in [0, 0.1) is 5.41 Å². The lowest BCUT2D eigenvalue weighted by Gasteiger charge is -2.38. The molecule has 1 aromatic carbocycles. The van der Waals surface area contributed by atoms with Gasteiger partial charge in [0.25, 0.3) is 5.56 Å². The fraction of sp³-hybridized carbons (Fsp3) is 0.480. The average molecular weight is 486 g/mol. The molecule has 0 radical (unpaired) electrons. The van der Waals surface area contributed by atoms with Crippen molar-refractivity contribution in [2.45, 2.75) is 57.5 Å². The summed E-state index contributed by atoms with van der Waals surface area (Å²) in [5.41, 5.74) is 1.83. The lowest BCUT2D eigenvalue weighted by atomic mass is 9.69. The molecule has 2 heterocycles. The van der Waals surface area contributed by atoms with Gasteiger partial charge in [-0.2, -0.15) is 0 Å². The zero-order valence-electron chi connectivity index (χ0n) is 20.2. The molecule has 1 aromatic heterocycles. The number of hydrogen-bond acceptors (Lipinski definition) is 8. The van der Waals surface area contributed by atoms with Gasteiger partial charge >= 0.3 is 0 Å². The molecule has 1 unspecified atom stereocenters. The predicted molar refractivity (Wildman–Crippen MR) is 132 cm³/mol. The number of anilines is 1. The quantitative estimate of drug-likeness (QED) is 0.297. The first-order valence-corrected chi connectivity index (χ1v) is 12.4. The maximum absolute atomic E-state index is 13.4. The van der Waals surface area contributed by atoms with Crippen molar-refractivity contribution >= 4 is 23.4 Å². The summed E-state index contributed by atoms with van der Waals surface area (Å²) < 4.78 is 10.7. The van der Waals surface area contributed by atoms with Crippen LogP contribution in [-0.4, -0.2) is 40.8 Å². The minimum absolute atomic E-state index is 0.0128. The number of phenols is 1. The normalized spacial score (nSPS) is 18.7. The number of benzene rings is 1. The van der Waals surface area contributed by atoms with E-state index >= 15 is 0 Å². The van der Waals surface area contributed by atoms with Crippen LogP contribution < -0.4 is 20.3 Å². The van der Waals surface area contributed by atoms with Gasteiger partial charge in [0.05, 0.1) is 19.8 Å². The van der Waals surface area contributed by atoms with Gasteiger partial charge < -0.3 is 24.9 Å². The van der Waals surface area contributed by atoms with E-state index in [2.05, 4.69) is 31.1 Å². The van der Waals surface area contributed by atoms with Gasteiger partial charge in [0.15, 0.2) is 22.4 Å². The van der Waals surface area contributed by atoms with Crippen molar-refractivity contribution in [2.24, 2.45) is 5.41 Å². The SMILES string of the molecule is CCCCSc1nc2c(c(=O)[nH]1)C(c1cc(OC)c(O)c(OC)c1)C1=C(CC(C)(C)CC1=O)N2. The van der Waals surface area contributed by atoms with Crippen LogP contribution in [0.4, 0.5) is 5.82 Å². The number of H-pyrrole nitrogens is 1. The number of carbonyl (C=O) groups is 1. The van der Waals surface area contributed by atoms with Crippen LogP contribution in [0.25, 0.3) is 0 Å². The highest BCUT2D eigenvalue weighted by Crippen LogP contribution is 2.50. The Balaban J connectivity index is 1.93. The number of carbonyl (C=O) groups excluding carboxylic acids is 1. The number of ketones is 1. The first-order chi connectivity index (χ1) is 16.2. The third-order valence-corrected chi connectivity index (χ3v) is 7.23. The van der Waals surface area contributed by atoms with Crippen molar-refractivity contribution in [3.63, 3.8) is 0 Å². The molecule has 1 aliphatic heterocycles. The second-order valence-electron chi connectivity index (χ2n) is 9.50. The third kappa shape index (κ3) is 4.41. The van der Waals surface area contributed by atoms with Crippen LogP contribution in [0.1, 0.15) is 63.5 Å². The van der Waals surface area contributed by atoms with E-state index in [-0.39, 0.29) is 34.0 Å². The largest absolute Gasteiger partial charge is 0.502 e. The van der Waals surface area contributed by atoms with E-state index in [4.69, 9.17) is 14.5 Å². The van der Waals surface area contributed by atoms with E-state index in [9.17, 15) is 14.7 Å². The van der Waals surface area contributed by atoms with Gasteiger partial charge in [-0.1, -0.05) is 39.0 Å². The lowest BCUT2D eigenvalue weighted by Crippen LogP contribution is -2.37. The molecular formula is C25H31N3O5S. The number of rotatable bonds is 7. The van der Waals surface area contributed by atoms with Gasteiger partial charge in [0, 0.05) is 29.4 Å². The predicted octanol–water partition coefficient (Wildman–Crippen LogP) is 4.59. The summed E-state index contributed by atoms with van der Waals surface area (Å²) >= 11 is 1.51. The number of allylic oxidation sites excluding steroid dienone is 2. The highest BCUT2D eigenvalue weighted by molar-refractivity contribution is 7.99. The van der Waals surface area contributed by atoms with Crippen molar-refractivity contribution in [3.05, 3.63) is 44.9 Å². The number of Topliss-reactive ketones (excluding diaryl/α,β-unsaturated/α-hetero) is 1. The summed E-state index contributed by atoms with van der Waals surface area (Å²) in [6.45, 7) is 6.24. The molecule has 2 aromatic rings. The van der Waals surface area contributed by atoms with Crippen LogP contribution in [0.3, 0.4) is 0 Å². The number of aromatic amines is 1. The zero-order chi connectivity index (χ0) is 24.6. The van der Waals surface area contributed by atoms with Gasteiger partial charge in [0.1, 0.15) is 5.82 Å². The van der Waals surface area contributed by atoms with Crippen LogP contribution in [0.15, 0.2) is 33.4 Å². The van der Waals surface area contributed by atoms with Crippen molar-refractivity contribution in [1.82, 2.24) is 9.97 Å². The first-order valence-electron chi connectivity index (χ1n) is 11.4. The summed E-state index contributed by atoms with van der Waals surface area (Å²) in [5, 5.41) is 14.3. The van der Waals surface area contributed by atoms with Crippen LogP contribution in [0.5, 0.6) is 17.2 Å². The molecular weight excluding hydrogens is 454 g/mol. The van der Waals surface area contributed by atoms with Gasteiger partial charge in [-0.15, -0.1) is 0 Å². The molecule has 2 aliphatic rings. The third-order valence-electron chi connectivity index (χ3n) is 6.27. The van der Waals surface area contributed by atoms with Crippen molar-refractivity contribution in [2.75, 3.05) is 25.3 Å². The Bertz CT molecular complexity index is 1190. The number of nitrogens with one attached hydrogen (secondary N) is 2. The number of methoxy groups -OCH3 is 2. The monoisotopic (exact) mass is 485 g/mol. The molecule has 9 heteroatoms. The highest BCUT2D eigenvalue weighted by atomic mass is 32.2. The molecule has 0 saturated heterocycles. The van der Waals surface area contributed by atoms with Gasteiger partial charge in [-0.05, 0) is 36.0 Å². The van der Waals surface area contributed by atoms with E-state index in [1.165, 1.54) is 26.0 Å². The smallest absolute Gasteiger partial charge is 0.257 e. The number of nitrogens with zero attached hydrogens (tertiary/aromatic N) is 1. The average Bonchev–Trinajstić information content (AvgIpc) is 2.77. The lowest BCUT2D eigenvalue weighted by molar-refractivity contribution is -0.118. The summed E-state index contributed by atoms with van der Waals surface area (Å²) in [6, 6.07) is 3.30. The Labute approximate surface area is 203 Å². The number of aromatic hydroxyl groups is 1. The molecule has 182 valence electrons. The minimum Gasteiger partial charge on any atom is -0.502 e. The number of thioether (sulfide) groups is 1. The molecule has 0 spiro atoms. The fourth-order valence-corrected chi connectivity index (χ4v) is 5.64. The summed E-state index contributed by atoms with van der Waals surface area (Å²) in [4.78, 5) is 34.4.